The van der Waals surface area contributed by atoms with Crippen molar-refractivity contribution in [1.29, 1.82) is 0 Å². The van der Waals surface area contributed by atoms with Gasteiger partial charge in [0.15, 0.2) is 0 Å². The largest absolute Gasteiger partial charge is 0.492 e. The van der Waals surface area contributed by atoms with Crippen molar-refractivity contribution in [2.45, 2.75) is 6.42 Å². The molecule has 0 amide bonds. The third-order valence-electron chi connectivity index (χ3n) is 2.08. The lowest BCUT2D eigenvalue weighted by Gasteiger charge is -2.09. The number of hydrogen-bond donors (Lipinski definition) is 1. The molecule has 0 heterocycles. The average molecular weight is 304 g/mol. The number of nitrogens with two attached hydrogens (primary N) is 1. The summed E-state index contributed by atoms with van der Waals surface area (Å²) in [6, 6.07) is 5.49. The highest BCUT2D eigenvalue weighted by Crippen LogP contribution is 2.26. The number of ether oxygens (including phenoxy) is 3. The standard InChI is InChI=1S/C12H18BrNO3/c1-15-7-8-16-5-2-6-17-12-4-3-10(14)9-11(12)13/h3-4,9H,2,5-8,14H2,1H3. The van der Waals surface area contributed by atoms with Gasteiger partial charge in [0.05, 0.1) is 24.3 Å². The Bertz CT molecular complexity index is 334. The van der Waals surface area contributed by atoms with Crippen LogP contribution in [0.5, 0.6) is 5.75 Å². The van der Waals surface area contributed by atoms with Crippen LogP contribution in [-0.4, -0.2) is 33.5 Å². The molecule has 0 saturated heterocycles. The molecule has 0 radical (unpaired) electrons. The van der Waals surface area contributed by atoms with Crippen LogP contribution in [0.4, 0.5) is 5.69 Å². The zero-order valence-electron chi connectivity index (χ0n) is 9.95. The Morgan fingerprint density at radius 2 is 2.00 bits per heavy atom. The fraction of sp³-hybridized carbons (Fsp3) is 0.500. The minimum Gasteiger partial charge on any atom is -0.492 e. The molecule has 1 aromatic carbocycles. The summed E-state index contributed by atoms with van der Waals surface area (Å²) in [6.45, 7) is 2.55. The maximum absolute atomic E-state index is 5.63. The van der Waals surface area contributed by atoms with Crippen molar-refractivity contribution in [3.05, 3.63) is 22.7 Å². The summed E-state index contributed by atoms with van der Waals surface area (Å²) in [7, 11) is 1.66. The van der Waals surface area contributed by atoms with Crippen LogP contribution in [0.3, 0.4) is 0 Å². The summed E-state index contributed by atoms with van der Waals surface area (Å²) < 4.78 is 16.7. The quantitative estimate of drug-likeness (QED) is 0.592. The van der Waals surface area contributed by atoms with Gasteiger partial charge in [-0.25, -0.2) is 0 Å². The van der Waals surface area contributed by atoms with Crippen LogP contribution < -0.4 is 10.5 Å². The molecule has 0 aliphatic heterocycles. The minimum atomic E-state index is 0.621. The lowest BCUT2D eigenvalue weighted by Crippen LogP contribution is -2.07. The first-order chi connectivity index (χ1) is 8.24. The Labute approximate surface area is 110 Å². The predicted molar refractivity (Wildman–Crippen MR) is 71.4 cm³/mol. The van der Waals surface area contributed by atoms with E-state index in [0.717, 1.165) is 16.6 Å². The molecule has 0 aliphatic carbocycles. The summed E-state index contributed by atoms with van der Waals surface area (Å²) in [5, 5.41) is 0. The Morgan fingerprint density at radius 3 is 2.71 bits per heavy atom. The van der Waals surface area contributed by atoms with Crippen molar-refractivity contribution in [3.63, 3.8) is 0 Å². The van der Waals surface area contributed by atoms with E-state index in [2.05, 4.69) is 15.9 Å². The molecule has 1 aromatic rings. The van der Waals surface area contributed by atoms with Crippen molar-refractivity contribution in [1.82, 2.24) is 0 Å². The molecule has 0 unspecified atom stereocenters. The van der Waals surface area contributed by atoms with Gasteiger partial charge in [0, 0.05) is 25.8 Å². The van der Waals surface area contributed by atoms with Crippen molar-refractivity contribution < 1.29 is 14.2 Å². The number of anilines is 1. The Balaban J connectivity index is 2.14. The maximum atomic E-state index is 5.63. The Morgan fingerprint density at radius 1 is 1.18 bits per heavy atom. The first-order valence-electron chi connectivity index (χ1n) is 5.48. The molecule has 2 N–H and O–H groups in total. The van der Waals surface area contributed by atoms with Gasteiger partial charge in [0.1, 0.15) is 5.75 Å². The summed E-state index contributed by atoms with van der Waals surface area (Å²) >= 11 is 3.40. The first-order valence-corrected chi connectivity index (χ1v) is 6.28. The van der Waals surface area contributed by atoms with E-state index in [1.54, 1.807) is 7.11 Å². The van der Waals surface area contributed by atoms with Crippen LogP contribution in [0.15, 0.2) is 22.7 Å². The summed E-state index contributed by atoms with van der Waals surface area (Å²) in [4.78, 5) is 0. The maximum Gasteiger partial charge on any atom is 0.133 e. The summed E-state index contributed by atoms with van der Waals surface area (Å²) in [6.07, 6.45) is 0.848. The molecule has 17 heavy (non-hydrogen) atoms. The second-order valence-electron chi connectivity index (χ2n) is 3.50. The summed E-state index contributed by atoms with van der Waals surface area (Å²) in [5.41, 5.74) is 6.35. The molecular formula is C12H18BrNO3. The van der Waals surface area contributed by atoms with Gasteiger partial charge in [-0.2, -0.15) is 0 Å². The molecule has 0 aliphatic rings. The number of halogens is 1. The zero-order valence-corrected chi connectivity index (χ0v) is 11.5. The molecule has 4 nitrogen and oxygen atoms in total. The third-order valence-corrected chi connectivity index (χ3v) is 2.70. The van der Waals surface area contributed by atoms with Gasteiger partial charge in [0.2, 0.25) is 0 Å². The van der Waals surface area contributed by atoms with Gasteiger partial charge in [-0.3, -0.25) is 0 Å². The van der Waals surface area contributed by atoms with Gasteiger partial charge in [0.25, 0.3) is 0 Å². The molecule has 96 valence electrons. The topological polar surface area (TPSA) is 53.7 Å². The molecule has 1 rings (SSSR count). The number of hydrogen-bond acceptors (Lipinski definition) is 4. The molecule has 0 spiro atoms. The smallest absolute Gasteiger partial charge is 0.133 e. The van der Waals surface area contributed by atoms with E-state index < -0.39 is 0 Å². The molecule has 0 bridgehead atoms. The highest BCUT2D eigenvalue weighted by Gasteiger charge is 2.00. The third kappa shape index (κ3) is 5.91. The van der Waals surface area contributed by atoms with E-state index in [-0.39, 0.29) is 0 Å². The van der Waals surface area contributed by atoms with E-state index in [9.17, 15) is 0 Å². The second-order valence-corrected chi connectivity index (χ2v) is 4.35. The second kappa shape index (κ2) is 8.33. The van der Waals surface area contributed by atoms with Crippen molar-refractivity contribution >= 4 is 21.6 Å². The lowest BCUT2D eigenvalue weighted by atomic mass is 10.3. The molecule has 0 atom stereocenters. The number of benzene rings is 1. The van der Waals surface area contributed by atoms with Gasteiger partial charge in [-0.05, 0) is 34.1 Å². The van der Waals surface area contributed by atoms with Crippen LogP contribution in [0, 0.1) is 0 Å². The van der Waals surface area contributed by atoms with Crippen LogP contribution in [0.25, 0.3) is 0 Å². The normalized spacial score (nSPS) is 10.5. The molecule has 0 aromatic heterocycles. The zero-order chi connectivity index (χ0) is 12.5. The van der Waals surface area contributed by atoms with Crippen LogP contribution in [-0.2, 0) is 9.47 Å². The van der Waals surface area contributed by atoms with E-state index in [0.29, 0.717) is 32.1 Å². The van der Waals surface area contributed by atoms with Gasteiger partial charge in [-0.1, -0.05) is 0 Å². The van der Waals surface area contributed by atoms with E-state index in [1.165, 1.54) is 0 Å². The highest BCUT2D eigenvalue weighted by atomic mass is 79.9. The molecule has 5 heteroatoms. The number of rotatable bonds is 8. The lowest BCUT2D eigenvalue weighted by molar-refractivity contribution is 0.0644. The van der Waals surface area contributed by atoms with Gasteiger partial charge < -0.3 is 19.9 Å². The highest BCUT2D eigenvalue weighted by molar-refractivity contribution is 9.10. The van der Waals surface area contributed by atoms with Crippen molar-refractivity contribution in [3.8, 4) is 5.75 Å². The molecular weight excluding hydrogens is 286 g/mol. The average Bonchev–Trinajstić information content (AvgIpc) is 2.30. The van der Waals surface area contributed by atoms with Crippen molar-refractivity contribution in [2.75, 3.05) is 39.3 Å². The van der Waals surface area contributed by atoms with Gasteiger partial charge in [-0.15, -0.1) is 0 Å². The fourth-order valence-electron chi connectivity index (χ4n) is 1.22. The molecule has 0 fully saturated rings. The monoisotopic (exact) mass is 303 g/mol. The minimum absolute atomic E-state index is 0.621. The Kier molecular flexibility index (Phi) is 7.00. The predicted octanol–water partition coefficient (Wildman–Crippen LogP) is 2.46. The van der Waals surface area contributed by atoms with E-state index >= 15 is 0 Å². The number of methoxy groups -OCH3 is 1. The molecule has 0 saturated carbocycles. The van der Waals surface area contributed by atoms with Gasteiger partial charge >= 0.3 is 0 Å². The fourth-order valence-corrected chi connectivity index (χ4v) is 1.73. The van der Waals surface area contributed by atoms with Crippen LogP contribution in [0.1, 0.15) is 6.42 Å². The first kappa shape index (κ1) is 14.3. The van der Waals surface area contributed by atoms with Crippen molar-refractivity contribution in [2.24, 2.45) is 0 Å². The number of nitrogen functional groups attached to an aromatic ring is 1. The van der Waals surface area contributed by atoms with E-state index in [1.807, 2.05) is 18.2 Å². The van der Waals surface area contributed by atoms with Crippen LogP contribution >= 0.6 is 15.9 Å². The Hall–Kier alpha value is -0.780. The van der Waals surface area contributed by atoms with Crippen LogP contribution in [0.2, 0.25) is 0 Å². The summed E-state index contributed by atoms with van der Waals surface area (Å²) in [5.74, 6) is 0.802. The van der Waals surface area contributed by atoms with E-state index in [4.69, 9.17) is 19.9 Å². The SMILES string of the molecule is COCCOCCCOc1ccc(N)cc1Br.